The lowest BCUT2D eigenvalue weighted by molar-refractivity contribution is -0.471. The van der Waals surface area contributed by atoms with E-state index in [1.807, 2.05) is 24.3 Å². The predicted octanol–water partition coefficient (Wildman–Crippen LogP) is 5.55. The van der Waals surface area contributed by atoms with Gasteiger partial charge in [-0.1, -0.05) is 85.1 Å². The first-order chi connectivity index (χ1) is 38.1. The fourth-order valence-corrected chi connectivity index (χ4v) is 18.1. The molecule has 4 heterocycles. The van der Waals surface area contributed by atoms with E-state index in [1.165, 1.54) is 12.5 Å². The number of ether oxygens (including phenoxy) is 6. The zero-order valence-electron chi connectivity index (χ0n) is 48.6. The van der Waals surface area contributed by atoms with Crippen molar-refractivity contribution in [2.75, 3.05) is 13.2 Å². The number of hydrogen-bond acceptors (Lipinski definition) is 17. The Morgan fingerprint density at radius 1 is 0.753 bits per heavy atom. The molecule has 19 heteroatoms. The van der Waals surface area contributed by atoms with Crippen molar-refractivity contribution in [1.82, 2.24) is 5.32 Å². The lowest BCUT2D eigenvalue weighted by Crippen LogP contribution is -2.84. The average molecular weight is 1250 g/mol. The van der Waals surface area contributed by atoms with E-state index in [9.17, 15) is 50.4 Å². The molecule has 454 valence electrons. The minimum atomic E-state index is -2.33. The number of carbonyl (C=O) groups excluding carboxylic acids is 3. The minimum Gasteiger partial charge on any atom is -0.427 e. The number of unbranched alkanes of at least 4 members (excludes halogenated alkanes) is 3. The maximum atomic E-state index is 16.1. The van der Waals surface area contributed by atoms with Gasteiger partial charge in [-0.05, 0) is 164 Å². The zero-order valence-corrected chi connectivity index (χ0v) is 50.8. The highest BCUT2D eigenvalue weighted by atomic mass is 127. The zero-order chi connectivity index (χ0) is 58.6. The van der Waals surface area contributed by atoms with E-state index in [2.05, 4.69) is 82.4 Å². The van der Waals surface area contributed by atoms with E-state index in [0.717, 1.165) is 42.1 Å². The quantitative estimate of drug-likeness (QED) is 0.0342. The number of fused-ring (bicyclic) bond motifs is 8. The van der Waals surface area contributed by atoms with Crippen LogP contribution in [0.15, 0.2) is 35.9 Å². The molecule has 5 aliphatic carbocycles. The third kappa shape index (κ3) is 10.4. The largest absolute Gasteiger partial charge is 0.427 e. The summed E-state index contributed by atoms with van der Waals surface area (Å²) in [6.07, 6.45) is -6.79. The number of ketones is 1. The molecule has 0 spiro atoms. The summed E-state index contributed by atoms with van der Waals surface area (Å²) in [5.41, 5.74) is 0.149. The number of Topliss-reactive ketones (excluding diaryl/α,β-unsaturated/α-hetero) is 1. The second-order valence-corrected chi connectivity index (χ2v) is 29.5. The summed E-state index contributed by atoms with van der Waals surface area (Å²) in [5.74, 6) is -2.77. The van der Waals surface area contributed by atoms with Crippen LogP contribution in [0.4, 0.5) is 0 Å². The number of allylic oxidation sites excluding steroid dienone is 2. The summed E-state index contributed by atoms with van der Waals surface area (Å²) in [6.45, 7) is 16.8. The highest BCUT2D eigenvalue weighted by molar-refractivity contribution is 14.1. The second-order valence-electron chi connectivity index (χ2n) is 28.2. The Balaban J connectivity index is 0.906. The topological polar surface area (TPSA) is 280 Å². The lowest BCUT2D eigenvalue weighted by atomic mass is 9.33. The Bertz CT molecular complexity index is 2510. The van der Waals surface area contributed by atoms with E-state index < -0.39 is 115 Å². The molecule has 81 heavy (non-hydrogen) atoms. The standard InChI is InChI=1S/C62H92INO17/c1-32-50(79-54-49(74)45(70)38(67)31-76-54)47(72)48(73)52(77-32)62(53-51(80-62)46(71)44(39(30-65)78-53)64-43(69)14-12-10-9-11-13-37(66)33-15-17-34(63)18-16-33)81-55(75)61-27-25-56(2,3)29-36(61)35-19-20-41-58(6)23-22-42(68)57(4,5)40(58)21-24-60(41,8)59(35,7)26-28-61/h15-19,32,36,38-42,44-54,65,67-68,70-74H,9-14,20-31H2,1-8H3,(H,64,69)/t32-,36?,38?,39+,40+,41?,42+,44?,45?,46?,47?,48?,49?,50?,51?,52-,53-,54+,58?,59-,60+,61?,62?/m1/s1. The first kappa shape index (κ1) is 61.9. The van der Waals surface area contributed by atoms with Crippen molar-refractivity contribution in [3.05, 3.63) is 45.0 Å². The van der Waals surface area contributed by atoms with Gasteiger partial charge in [-0.15, -0.1) is 0 Å². The van der Waals surface area contributed by atoms with Crippen LogP contribution in [0.25, 0.3) is 0 Å². The van der Waals surface area contributed by atoms with Crippen LogP contribution >= 0.6 is 22.6 Å². The number of amides is 1. The number of nitrogens with one attached hydrogen (secondary N) is 1. The summed E-state index contributed by atoms with van der Waals surface area (Å²) < 4.78 is 39.3. The summed E-state index contributed by atoms with van der Waals surface area (Å²) in [6, 6.07) is 6.28. The molecule has 0 aromatic heterocycles. The SMILES string of the molecule is C[C@H]1O[C@@H](C2(OC(=O)C34CCC(C)(C)CC3C3=CCC5C6(C)CC[C@H](O)C(C)(C)[C@@H]6CC[C@]5(C)[C@]3(C)CC4)OC3C(O)C(NC(=O)CCCCCCC(=O)c4ccc(I)cc4)[C@H](CO)O[C@H]32)C(O)C(O)C1O[C@@H]1OCC(O)C(O)C1O. The number of aliphatic hydroxyl groups is 8. The number of carbonyl (C=O) groups is 3. The molecule has 9 N–H and O–H groups in total. The first-order valence-electron chi connectivity index (χ1n) is 30.2. The summed E-state index contributed by atoms with van der Waals surface area (Å²) in [7, 11) is 0. The van der Waals surface area contributed by atoms with Crippen LogP contribution in [0.5, 0.6) is 0 Å². The fourth-order valence-electron chi connectivity index (χ4n) is 17.7. The number of aliphatic hydroxyl groups excluding tert-OH is 8. The van der Waals surface area contributed by atoms with Crippen molar-refractivity contribution < 1.29 is 83.7 Å². The molecule has 23 atom stereocenters. The van der Waals surface area contributed by atoms with Gasteiger partial charge in [0.2, 0.25) is 5.91 Å². The molecule has 9 aliphatic rings. The van der Waals surface area contributed by atoms with Crippen molar-refractivity contribution in [3.63, 3.8) is 0 Å². The van der Waals surface area contributed by atoms with Crippen molar-refractivity contribution in [2.45, 2.75) is 256 Å². The van der Waals surface area contributed by atoms with Gasteiger partial charge in [0, 0.05) is 22.0 Å². The van der Waals surface area contributed by atoms with Gasteiger partial charge in [0.1, 0.15) is 54.9 Å². The van der Waals surface area contributed by atoms with Gasteiger partial charge in [-0.25, -0.2) is 0 Å². The fraction of sp³-hybridized carbons (Fsp3) is 0.823. The molecule has 1 aromatic carbocycles. The molecular formula is C62H92INO17. The summed E-state index contributed by atoms with van der Waals surface area (Å²) in [5, 5.41) is 92.9. The van der Waals surface area contributed by atoms with E-state index in [0.29, 0.717) is 75.2 Å². The molecular weight excluding hydrogens is 1160 g/mol. The van der Waals surface area contributed by atoms with Gasteiger partial charge >= 0.3 is 5.97 Å². The van der Waals surface area contributed by atoms with Gasteiger partial charge < -0.3 is 74.6 Å². The van der Waals surface area contributed by atoms with Crippen LogP contribution in [0.3, 0.4) is 0 Å². The molecule has 1 aromatic rings. The molecule has 18 nitrogen and oxygen atoms in total. The highest BCUT2D eigenvalue weighted by Crippen LogP contribution is 2.76. The van der Waals surface area contributed by atoms with E-state index in [4.69, 9.17) is 28.4 Å². The monoisotopic (exact) mass is 1250 g/mol. The molecule has 4 aliphatic heterocycles. The van der Waals surface area contributed by atoms with Gasteiger partial charge in [0.05, 0.1) is 36.9 Å². The van der Waals surface area contributed by atoms with Crippen molar-refractivity contribution in [2.24, 2.45) is 50.2 Å². The Hall–Kier alpha value is -2.22. The maximum Gasteiger partial charge on any atom is 0.315 e. The van der Waals surface area contributed by atoms with Crippen LogP contribution in [0.2, 0.25) is 0 Å². The minimum absolute atomic E-state index is 0.00860. The number of benzene rings is 1. The smallest absolute Gasteiger partial charge is 0.315 e. The second kappa shape index (κ2) is 22.8. The molecule has 4 saturated heterocycles. The number of hydrogen-bond donors (Lipinski definition) is 9. The van der Waals surface area contributed by atoms with Crippen molar-refractivity contribution in [1.29, 1.82) is 0 Å². The third-order valence-electron chi connectivity index (χ3n) is 22.9. The molecule has 10 rings (SSSR count). The van der Waals surface area contributed by atoms with Gasteiger partial charge in [-0.2, -0.15) is 0 Å². The van der Waals surface area contributed by atoms with Crippen LogP contribution < -0.4 is 5.32 Å². The first-order valence-corrected chi connectivity index (χ1v) is 31.3. The lowest BCUT2D eigenvalue weighted by Gasteiger charge is -2.71. The third-order valence-corrected chi connectivity index (χ3v) is 23.6. The van der Waals surface area contributed by atoms with Crippen LogP contribution in [0.1, 0.15) is 168 Å². The molecule has 0 bridgehead atoms. The molecule has 8 fully saturated rings. The highest BCUT2D eigenvalue weighted by Gasteiger charge is 2.76. The van der Waals surface area contributed by atoms with E-state index in [1.54, 1.807) is 0 Å². The average Bonchev–Trinajstić information content (AvgIpc) is 1.09. The Morgan fingerprint density at radius 2 is 1.44 bits per heavy atom. The Kier molecular flexibility index (Phi) is 17.4. The number of esters is 1. The Labute approximate surface area is 490 Å². The molecule has 1 amide bonds. The molecule has 4 saturated carbocycles. The van der Waals surface area contributed by atoms with E-state index in [-0.39, 0.29) is 57.9 Å². The van der Waals surface area contributed by atoms with Crippen molar-refractivity contribution in [3.8, 4) is 0 Å². The predicted molar refractivity (Wildman–Crippen MR) is 303 cm³/mol. The van der Waals surface area contributed by atoms with Crippen molar-refractivity contribution >= 4 is 40.3 Å². The maximum absolute atomic E-state index is 16.1. The molecule has 14 unspecified atom stereocenters. The summed E-state index contributed by atoms with van der Waals surface area (Å²) in [4.78, 5) is 42.3. The normalized spacial score (nSPS) is 46.9. The van der Waals surface area contributed by atoms with Crippen LogP contribution in [0, 0.1) is 53.8 Å². The Morgan fingerprint density at radius 3 is 2.15 bits per heavy atom. The summed E-state index contributed by atoms with van der Waals surface area (Å²) >= 11 is 2.20. The van der Waals surface area contributed by atoms with Gasteiger partial charge in [0.25, 0.3) is 5.79 Å². The number of rotatable bonds is 15. The van der Waals surface area contributed by atoms with Crippen LogP contribution in [-0.2, 0) is 38.0 Å². The number of halogens is 1. The van der Waals surface area contributed by atoms with Gasteiger partial charge in [0.15, 0.2) is 24.3 Å². The van der Waals surface area contributed by atoms with E-state index >= 15 is 4.79 Å². The van der Waals surface area contributed by atoms with Gasteiger partial charge in [-0.3, -0.25) is 14.4 Å². The molecule has 0 radical (unpaired) electrons. The van der Waals surface area contributed by atoms with Crippen LogP contribution in [-0.4, -0.2) is 169 Å².